The molecule has 0 fully saturated rings. The zero-order chi connectivity index (χ0) is 9.71. The molecule has 0 aromatic carbocycles. The van der Waals surface area contributed by atoms with Crippen LogP contribution in [0.2, 0.25) is 0 Å². The van der Waals surface area contributed by atoms with Crippen LogP contribution in [0, 0.1) is 0 Å². The van der Waals surface area contributed by atoms with Crippen LogP contribution in [0.4, 0.5) is 5.00 Å². The van der Waals surface area contributed by atoms with E-state index in [0.717, 1.165) is 23.4 Å². The van der Waals surface area contributed by atoms with E-state index in [-0.39, 0.29) is 11.9 Å². The summed E-state index contributed by atoms with van der Waals surface area (Å²) in [6.45, 7) is 0.539. The lowest BCUT2D eigenvalue weighted by atomic mass is 10.1. The zero-order valence-electron chi connectivity index (χ0n) is 7.59. The van der Waals surface area contributed by atoms with E-state index in [1.807, 2.05) is 0 Å². The molecule has 0 saturated heterocycles. The second kappa shape index (κ2) is 2.71. The number of rotatable bonds is 0. The average Bonchev–Trinajstić information content (AvgIpc) is 2.60. The normalized spacial score (nSPS) is 23.8. The Morgan fingerprint density at radius 2 is 2.21 bits per heavy atom. The van der Waals surface area contributed by atoms with Crippen molar-refractivity contribution in [1.29, 1.82) is 0 Å². The summed E-state index contributed by atoms with van der Waals surface area (Å²) < 4.78 is 0. The topological polar surface area (TPSA) is 67.2 Å². The first kappa shape index (κ1) is 8.26. The van der Waals surface area contributed by atoms with Gasteiger partial charge >= 0.3 is 0 Å². The van der Waals surface area contributed by atoms with E-state index in [1.165, 1.54) is 10.4 Å². The predicted octanol–water partition coefficient (Wildman–Crippen LogP) is 0.287. The van der Waals surface area contributed by atoms with Gasteiger partial charge in [-0.3, -0.25) is 4.79 Å². The maximum atomic E-state index is 11.6. The minimum atomic E-state index is 0.0466. The predicted molar refractivity (Wildman–Crippen MR) is 55.7 cm³/mol. The van der Waals surface area contributed by atoms with Crippen molar-refractivity contribution in [2.45, 2.75) is 18.9 Å². The van der Waals surface area contributed by atoms with Gasteiger partial charge in [0.25, 0.3) is 5.91 Å². The van der Waals surface area contributed by atoms with Gasteiger partial charge in [-0.15, -0.1) is 11.3 Å². The van der Waals surface area contributed by atoms with E-state index in [1.54, 1.807) is 11.3 Å². The molecule has 4 nitrogen and oxygen atoms in total. The Morgan fingerprint density at radius 1 is 1.36 bits per heavy atom. The van der Waals surface area contributed by atoms with Crippen LogP contribution in [0.1, 0.15) is 20.8 Å². The van der Waals surface area contributed by atoms with E-state index >= 15 is 0 Å². The van der Waals surface area contributed by atoms with E-state index < -0.39 is 0 Å². The van der Waals surface area contributed by atoms with Crippen molar-refractivity contribution >= 4 is 22.2 Å². The third-order valence-corrected chi connectivity index (χ3v) is 3.94. The Balaban J connectivity index is 2.14. The lowest BCUT2D eigenvalue weighted by molar-refractivity contribution is 0.0952. The van der Waals surface area contributed by atoms with Gasteiger partial charge in [-0.05, 0) is 18.4 Å². The van der Waals surface area contributed by atoms with Gasteiger partial charge in [-0.2, -0.15) is 0 Å². The molecule has 2 aliphatic rings. The first-order chi connectivity index (χ1) is 6.75. The SMILES string of the molecule is NC1Cc2sc3c(c2C1)C(=O)NCN3. The van der Waals surface area contributed by atoms with Crippen LogP contribution in [0.5, 0.6) is 0 Å². The molecular weight excluding hydrogens is 198 g/mol. The van der Waals surface area contributed by atoms with Crippen LogP contribution in [0.3, 0.4) is 0 Å². The summed E-state index contributed by atoms with van der Waals surface area (Å²) in [5.41, 5.74) is 7.87. The largest absolute Gasteiger partial charge is 0.359 e. The Kier molecular flexibility index (Phi) is 1.60. The minimum absolute atomic E-state index is 0.0466. The third kappa shape index (κ3) is 0.994. The summed E-state index contributed by atoms with van der Waals surface area (Å²) >= 11 is 1.68. The number of nitrogens with one attached hydrogen (secondary N) is 2. The lowest BCUT2D eigenvalue weighted by Crippen LogP contribution is -2.34. The molecule has 1 amide bonds. The summed E-state index contributed by atoms with van der Waals surface area (Å²) in [4.78, 5) is 12.9. The Hall–Kier alpha value is -1.07. The number of anilines is 1. The summed E-state index contributed by atoms with van der Waals surface area (Å²) in [5, 5.41) is 6.99. The maximum absolute atomic E-state index is 11.6. The van der Waals surface area contributed by atoms with Gasteiger partial charge < -0.3 is 16.4 Å². The number of nitrogens with two attached hydrogens (primary N) is 1. The van der Waals surface area contributed by atoms with Crippen LogP contribution in [0.25, 0.3) is 0 Å². The van der Waals surface area contributed by atoms with Crippen LogP contribution >= 0.6 is 11.3 Å². The number of hydrogen-bond acceptors (Lipinski definition) is 4. The Bertz CT molecular complexity index is 412. The Labute approximate surface area is 85.5 Å². The molecule has 2 heterocycles. The molecule has 5 heteroatoms. The number of carbonyl (C=O) groups excluding carboxylic acids is 1. The number of hydrogen-bond donors (Lipinski definition) is 3. The van der Waals surface area contributed by atoms with Crippen molar-refractivity contribution in [3.63, 3.8) is 0 Å². The molecule has 0 spiro atoms. The van der Waals surface area contributed by atoms with Crippen LogP contribution in [-0.2, 0) is 12.8 Å². The molecule has 1 aliphatic carbocycles. The van der Waals surface area contributed by atoms with Crippen molar-refractivity contribution in [1.82, 2.24) is 5.32 Å². The summed E-state index contributed by atoms with van der Waals surface area (Å²) in [7, 11) is 0. The monoisotopic (exact) mass is 209 g/mol. The molecule has 4 N–H and O–H groups in total. The summed E-state index contributed by atoms with van der Waals surface area (Å²) in [6, 6.07) is 0.205. The van der Waals surface area contributed by atoms with Gasteiger partial charge in [0.1, 0.15) is 5.00 Å². The highest BCUT2D eigenvalue weighted by Gasteiger charge is 2.31. The van der Waals surface area contributed by atoms with Crippen molar-refractivity contribution in [2.75, 3.05) is 12.0 Å². The molecule has 1 atom stereocenters. The molecular formula is C9H11N3OS. The fraction of sp³-hybridized carbons (Fsp3) is 0.444. The fourth-order valence-corrected chi connectivity index (χ4v) is 3.44. The van der Waals surface area contributed by atoms with E-state index in [9.17, 15) is 4.79 Å². The van der Waals surface area contributed by atoms with Gasteiger partial charge in [-0.1, -0.05) is 0 Å². The minimum Gasteiger partial charge on any atom is -0.359 e. The third-order valence-electron chi connectivity index (χ3n) is 2.73. The molecule has 14 heavy (non-hydrogen) atoms. The first-order valence-corrected chi connectivity index (χ1v) is 5.49. The molecule has 1 aliphatic heterocycles. The van der Waals surface area contributed by atoms with Crippen LogP contribution in [0.15, 0.2) is 0 Å². The second-order valence-electron chi connectivity index (χ2n) is 3.74. The molecule has 74 valence electrons. The van der Waals surface area contributed by atoms with E-state index in [4.69, 9.17) is 5.73 Å². The zero-order valence-corrected chi connectivity index (χ0v) is 8.41. The molecule has 1 aromatic heterocycles. The maximum Gasteiger partial charge on any atom is 0.255 e. The molecule has 0 radical (unpaired) electrons. The van der Waals surface area contributed by atoms with Gasteiger partial charge in [0.05, 0.1) is 12.2 Å². The summed E-state index contributed by atoms with van der Waals surface area (Å²) in [5.74, 6) is 0.0466. The number of thiophene rings is 1. The van der Waals surface area contributed by atoms with Gasteiger partial charge in [0.2, 0.25) is 0 Å². The van der Waals surface area contributed by atoms with E-state index in [2.05, 4.69) is 10.6 Å². The van der Waals surface area contributed by atoms with Gasteiger partial charge in [0, 0.05) is 10.9 Å². The van der Waals surface area contributed by atoms with Crippen molar-refractivity contribution < 1.29 is 4.79 Å². The van der Waals surface area contributed by atoms with Crippen molar-refractivity contribution in [3.05, 3.63) is 16.0 Å². The molecule has 0 saturated carbocycles. The average molecular weight is 209 g/mol. The number of carbonyl (C=O) groups is 1. The van der Waals surface area contributed by atoms with Gasteiger partial charge in [0.15, 0.2) is 0 Å². The highest BCUT2D eigenvalue weighted by Crippen LogP contribution is 2.39. The second-order valence-corrected chi connectivity index (χ2v) is 4.84. The smallest absolute Gasteiger partial charge is 0.255 e. The molecule has 1 aromatic rings. The van der Waals surface area contributed by atoms with Crippen LogP contribution < -0.4 is 16.4 Å². The fourth-order valence-electron chi connectivity index (χ4n) is 2.12. The molecule has 3 rings (SSSR count). The number of amides is 1. The van der Waals surface area contributed by atoms with E-state index in [0.29, 0.717) is 6.67 Å². The van der Waals surface area contributed by atoms with Crippen molar-refractivity contribution in [3.8, 4) is 0 Å². The molecule has 0 bridgehead atoms. The Morgan fingerprint density at radius 3 is 3.07 bits per heavy atom. The number of fused-ring (bicyclic) bond motifs is 3. The summed E-state index contributed by atoms with van der Waals surface area (Å²) in [6.07, 6.45) is 1.76. The standard InChI is InChI=1S/C9H11N3OS/c10-4-1-5-6(2-4)14-9-7(5)8(13)11-3-12-9/h4,12H,1-3,10H2,(H,11,13). The quantitative estimate of drug-likeness (QED) is 0.575. The first-order valence-electron chi connectivity index (χ1n) is 4.68. The van der Waals surface area contributed by atoms with Gasteiger partial charge in [-0.25, -0.2) is 0 Å². The lowest BCUT2D eigenvalue weighted by Gasteiger charge is -2.15. The van der Waals surface area contributed by atoms with Crippen LogP contribution in [-0.4, -0.2) is 18.6 Å². The molecule has 1 unspecified atom stereocenters. The highest BCUT2D eigenvalue weighted by molar-refractivity contribution is 7.16. The highest BCUT2D eigenvalue weighted by atomic mass is 32.1. The van der Waals surface area contributed by atoms with Crippen molar-refractivity contribution in [2.24, 2.45) is 5.73 Å².